The summed E-state index contributed by atoms with van der Waals surface area (Å²) in [6.07, 6.45) is 0. The molecule has 0 saturated heterocycles. The Hall–Kier alpha value is -1.27. The first-order valence-electron chi connectivity index (χ1n) is 3.61. The molecule has 2 nitrogen and oxygen atoms in total. The van der Waals surface area contributed by atoms with Gasteiger partial charge in [-0.2, -0.15) is 0 Å². The second-order valence-corrected chi connectivity index (χ2v) is 3.28. The number of halogens is 1. The van der Waals surface area contributed by atoms with Gasteiger partial charge >= 0.3 is 5.97 Å². The molecule has 1 N–H and O–H groups in total. The van der Waals surface area contributed by atoms with Gasteiger partial charge in [0.15, 0.2) is 0 Å². The van der Waals surface area contributed by atoms with Crippen LogP contribution >= 0.6 is 15.9 Å². The normalized spacial score (nSPS) is 8.77. The maximum atomic E-state index is 10.2. The molecule has 0 amide bonds. The predicted molar refractivity (Wildman–Crippen MR) is 53.4 cm³/mol. The molecule has 0 aliphatic heterocycles. The van der Waals surface area contributed by atoms with Crippen LogP contribution in [0, 0.1) is 18.8 Å². The Morgan fingerprint density at radius 3 is 2.85 bits per heavy atom. The van der Waals surface area contributed by atoms with E-state index in [-0.39, 0.29) is 0 Å². The van der Waals surface area contributed by atoms with Gasteiger partial charge in [-0.25, -0.2) is 4.79 Å². The lowest BCUT2D eigenvalue weighted by Crippen LogP contribution is -1.88. The highest BCUT2D eigenvalue weighted by Gasteiger charge is 1.98. The van der Waals surface area contributed by atoms with Gasteiger partial charge in [0.1, 0.15) is 0 Å². The summed E-state index contributed by atoms with van der Waals surface area (Å²) in [5.41, 5.74) is 1.74. The Kier molecular flexibility index (Phi) is 3.10. The molecule has 0 radical (unpaired) electrons. The van der Waals surface area contributed by atoms with Gasteiger partial charge < -0.3 is 5.11 Å². The Bertz CT molecular complexity index is 399. The average molecular weight is 239 g/mol. The van der Waals surface area contributed by atoms with E-state index in [2.05, 4.69) is 27.8 Å². The van der Waals surface area contributed by atoms with E-state index in [0.717, 1.165) is 10.0 Å². The first-order valence-corrected chi connectivity index (χ1v) is 4.40. The lowest BCUT2D eigenvalue weighted by atomic mass is 10.1. The topological polar surface area (TPSA) is 37.3 Å². The second-order valence-electron chi connectivity index (χ2n) is 2.49. The molecule has 1 aromatic rings. The van der Waals surface area contributed by atoms with Crippen molar-refractivity contribution in [1.29, 1.82) is 0 Å². The number of carbonyl (C=O) groups is 1. The van der Waals surface area contributed by atoms with Crippen molar-refractivity contribution < 1.29 is 9.90 Å². The zero-order valence-electron chi connectivity index (χ0n) is 6.97. The van der Waals surface area contributed by atoms with E-state index >= 15 is 0 Å². The van der Waals surface area contributed by atoms with E-state index in [4.69, 9.17) is 5.11 Å². The third-order valence-corrected chi connectivity index (χ3v) is 2.55. The van der Waals surface area contributed by atoms with Crippen molar-refractivity contribution >= 4 is 21.9 Å². The van der Waals surface area contributed by atoms with Gasteiger partial charge in [0.2, 0.25) is 0 Å². The molecule has 0 fully saturated rings. The van der Waals surface area contributed by atoms with Crippen molar-refractivity contribution in [3.63, 3.8) is 0 Å². The summed E-state index contributed by atoms with van der Waals surface area (Å²) in [6, 6.07) is 5.54. The van der Waals surface area contributed by atoms with E-state index < -0.39 is 5.97 Å². The second kappa shape index (κ2) is 4.11. The van der Waals surface area contributed by atoms with Gasteiger partial charge in [-0.3, -0.25) is 0 Å². The van der Waals surface area contributed by atoms with Crippen LogP contribution in [-0.2, 0) is 4.79 Å². The number of hydrogen-bond acceptors (Lipinski definition) is 1. The lowest BCUT2D eigenvalue weighted by molar-refractivity contribution is -0.130. The van der Waals surface area contributed by atoms with Crippen LogP contribution in [0.4, 0.5) is 0 Å². The lowest BCUT2D eigenvalue weighted by Gasteiger charge is -1.98. The fraction of sp³-hybridized carbons (Fsp3) is 0.100. The van der Waals surface area contributed by atoms with Gasteiger partial charge in [0.25, 0.3) is 0 Å². The minimum absolute atomic E-state index is 0.697. The molecule has 0 aliphatic carbocycles. The van der Waals surface area contributed by atoms with E-state index in [0.29, 0.717) is 5.56 Å². The molecule has 1 aromatic carbocycles. The van der Waals surface area contributed by atoms with Gasteiger partial charge in [-0.15, -0.1) is 0 Å². The van der Waals surface area contributed by atoms with Gasteiger partial charge in [-0.05, 0) is 34.5 Å². The quantitative estimate of drug-likeness (QED) is 0.704. The minimum atomic E-state index is -1.12. The molecule has 0 saturated carbocycles. The SMILES string of the molecule is Cc1cccc(C#CC(=O)O)c1Br. The van der Waals surface area contributed by atoms with E-state index in [1.54, 1.807) is 6.07 Å². The van der Waals surface area contributed by atoms with Gasteiger partial charge in [0.05, 0.1) is 0 Å². The van der Waals surface area contributed by atoms with E-state index in [1.165, 1.54) is 0 Å². The molecule has 66 valence electrons. The standard InChI is InChI=1S/C10H7BrO2/c1-7-3-2-4-8(10(7)11)5-6-9(12)13/h2-4H,1H3,(H,12,13). The number of aliphatic carboxylic acids is 1. The van der Waals surface area contributed by atoms with E-state index in [1.807, 2.05) is 19.1 Å². The van der Waals surface area contributed by atoms with E-state index in [9.17, 15) is 4.79 Å². The number of benzene rings is 1. The van der Waals surface area contributed by atoms with Crippen molar-refractivity contribution in [2.45, 2.75) is 6.92 Å². The first-order chi connectivity index (χ1) is 6.11. The summed E-state index contributed by atoms with van der Waals surface area (Å²) in [7, 11) is 0. The monoisotopic (exact) mass is 238 g/mol. The van der Waals surface area contributed by atoms with Crippen LogP contribution in [0.15, 0.2) is 22.7 Å². The van der Waals surface area contributed by atoms with Gasteiger partial charge in [-0.1, -0.05) is 18.1 Å². The maximum absolute atomic E-state index is 10.2. The fourth-order valence-corrected chi connectivity index (χ4v) is 1.23. The van der Waals surface area contributed by atoms with Gasteiger partial charge in [0, 0.05) is 16.0 Å². The third-order valence-electron chi connectivity index (χ3n) is 1.50. The van der Waals surface area contributed by atoms with Crippen LogP contribution in [0.5, 0.6) is 0 Å². The highest BCUT2D eigenvalue weighted by Crippen LogP contribution is 2.19. The van der Waals surface area contributed by atoms with Crippen molar-refractivity contribution in [3.05, 3.63) is 33.8 Å². The number of hydrogen-bond donors (Lipinski definition) is 1. The summed E-state index contributed by atoms with van der Waals surface area (Å²) < 4.78 is 0.851. The smallest absolute Gasteiger partial charge is 0.382 e. The van der Waals surface area contributed by atoms with Crippen LogP contribution in [0.1, 0.15) is 11.1 Å². The van der Waals surface area contributed by atoms with Crippen molar-refractivity contribution in [3.8, 4) is 11.8 Å². The van der Waals surface area contributed by atoms with Crippen molar-refractivity contribution in [2.75, 3.05) is 0 Å². The largest absolute Gasteiger partial charge is 0.472 e. The first kappa shape index (κ1) is 9.82. The fourth-order valence-electron chi connectivity index (χ4n) is 0.865. The molecule has 0 unspecified atom stereocenters. The van der Waals surface area contributed by atoms with Crippen LogP contribution < -0.4 is 0 Å². The summed E-state index contributed by atoms with van der Waals surface area (Å²) >= 11 is 3.33. The summed E-state index contributed by atoms with van der Waals surface area (Å²) in [5.74, 6) is 3.51. The van der Waals surface area contributed by atoms with Crippen LogP contribution in [0.25, 0.3) is 0 Å². The van der Waals surface area contributed by atoms with Crippen molar-refractivity contribution in [1.82, 2.24) is 0 Å². The zero-order chi connectivity index (χ0) is 9.84. The molecule has 0 bridgehead atoms. The molecule has 0 heterocycles. The summed E-state index contributed by atoms with van der Waals surface area (Å²) in [6.45, 7) is 1.93. The molecule has 0 atom stereocenters. The van der Waals surface area contributed by atoms with Crippen molar-refractivity contribution in [2.24, 2.45) is 0 Å². The number of aryl methyl sites for hydroxylation is 1. The highest BCUT2D eigenvalue weighted by atomic mass is 79.9. The number of carboxylic acids is 1. The van der Waals surface area contributed by atoms with Crippen LogP contribution in [0.3, 0.4) is 0 Å². The molecular formula is C10H7BrO2. The third kappa shape index (κ3) is 2.60. The Balaban J connectivity index is 3.11. The zero-order valence-corrected chi connectivity index (χ0v) is 8.55. The summed E-state index contributed by atoms with van der Waals surface area (Å²) in [4.78, 5) is 10.2. The number of rotatable bonds is 0. The molecule has 13 heavy (non-hydrogen) atoms. The highest BCUT2D eigenvalue weighted by molar-refractivity contribution is 9.10. The summed E-state index contributed by atoms with van der Waals surface area (Å²) in [5, 5.41) is 8.35. The molecular weight excluding hydrogens is 232 g/mol. The Labute approximate surface area is 84.7 Å². The Morgan fingerprint density at radius 1 is 1.54 bits per heavy atom. The molecule has 0 aromatic heterocycles. The van der Waals surface area contributed by atoms with Crippen LogP contribution in [0.2, 0.25) is 0 Å². The molecule has 3 heteroatoms. The Morgan fingerprint density at radius 2 is 2.23 bits per heavy atom. The molecule has 1 rings (SSSR count). The van der Waals surface area contributed by atoms with Crippen LogP contribution in [-0.4, -0.2) is 11.1 Å². The molecule has 0 spiro atoms. The predicted octanol–water partition coefficient (Wildman–Crippen LogP) is 2.19. The average Bonchev–Trinajstić information content (AvgIpc) is 2.07. The maximum Gasteiger partial charge on any atom is 0.382 e. The molecule has 0 aliphatic rings. The minimum Gasteiger partial charge on any atom is -0.472 e. The number of carboxylic acid groups (broad SMARTS) is 1.